The van der Waals surface area contributed by atoms with Gasteiger partial charge >= 0.3 is 6.03 Å². The smallest absolute Gasteiger partial charge is 0.319 e. The van der Waals surface area contributed by atoms with Crippen LogP contribution in [0.4, 0.5) is 16.2 Å². The van der Waals surface area contributed by atoms with E-state index in [2.05, 4.69) is 58.6 Å². The van der Waals surface area contributed by atoms with Crippen molar-refractivity contribution >= 4 is 28.3 Å². The number of hydrogen-bond acceptors (Lipinski definition) is 5. The van der Waals surface area contributed by atoms with Crippen LogP contribution in [-0.4, -0.2) is 49.8 Å². The third kappa shape index (κ3) is 5.40. The fourth-order valence-electron chi connectivity index (χ4n) is 5.17. The molecule has 2 heterocycles. The number of nitrogens with zero attached hydrogens (tertiary/aromatic N) is 1. The first kappa shape index (κ1) is 25.4. The number of benzene rings is 2. The van der Waals surface area contributed by atoms with Crippen molar-refractivity contribution < 1.29 is 19.0 Å². The topological polar surface area (TPSA) is 85.8 Å². The predicted molar refractivity (Wildman–Crippen MR) is 148 cm³/mol. The predicted octanol–water partition coefficient (Wildman–Crippen LogP) is 6.14. The van der Waals surface area contributed by atoms with Crippen LogP contribution >= 0.6 is 0 Å². The van der Waals surface area contributed by atoms with Crippen molar-refractivity contribution in [1.82, 2.24) is 9.88 Å². The molecular weight excluding hydrogens is 468 g/mol. The molecule has 37 heavy (non-hydrogen) atoms. The van der Waals surface area contributed by atoms with Crippen molar-refractivity contribution in [3.8, 4) is 17.0 Å². The Morgan fingerprint density at radius 3 is 2.43 bits per heavy atom. The van der Waals surface area contributed by atoms with E-state index in [1.165, 1.54) is 6.42 Å². The summed E-state index contributed by atoms with van der Waals surface area (Å²) in [7, 11) is 1.97. The molecule has 8 nitrogen and oxygen atoms in total. The van der Waals surface area contributed by atoms with Gasteiger partial charge in [0.25, 0.3) is 0 Å². The van der Waals surface area contributed by atoms with Gasteiger partial charge in [0.2, 0.25) is 0 Å². The van der Waals surface area contributed by atoms with Gasteiger partial charge in [-0.05, 0) is 56.4 Å². The van der Waals surface area contributed by atoms with Gasteiger partial charge in [0.1, 0.15) is 12.4 Å². The normalized spacial score (nSPS) is 16.2. The van der Waals surface area contributed by atoms with Crippen molar-refractivity contribution in [2.24, 2.45) is 0 Å². The number of carbonyl (C=O) groups excluding carboxylic acids is 1. The highest BCUT2D eigenvalue weighted by Gasteiger charge is 2.28. The maximum absolute atomic E-state index is 12.4. The molecule has 0 radical (unpaired) electrons. The molecule has 0 bridgehead atoms. The molecule has 1 aliphatic heterocycles. The summed E-state index contributed by atoms with van der Waals surface area (Å²) >= 11 is 0. The zero-order chi connectivity index (χ0) is 25.8. The van der Waals surface area contributed by atoms with E-state index in [-0.39, 0.29) is 18.4 Å². The third-order valence-corrected chi connectivity index (χ3v) is 7.48. The van der Waals surface area contributed by atoms with Crippen LogP contribution in [0.3, 0.4) is 0 Å². The molecule has 5 rings (SSSR count). The van der Waals surface area contributed by atoms with Crippen molar-refractivity contribution in [3.05, 3.63) is 42.5 Å². The minimum Gasteiger partial charge on any atom is -0.488 e. The first-order valence-electron chi connectivity index (χ1n) is 13.5. The fraction of sp³-hybridized carbons (Fsp3) is 0.483. The minimum absolute atomic E-state index is 0.165. The van der Waals surface area contributed by atoms with Crippen LogP contribution in [0.15, 0.2) is 42.5 Å². The van der Waals surface area contributed by atoms with Crippen molar-refractivity contribution in [3.63, 3.8) is 0 Å². The zero-order valence-corrected chi connectivity index (χ0v) is 22.0. The number of amides is 2. The molecule has 0 unspecified atom stereocenters. The molecule has 3 aromatic rings. The summed E-state index contributed by atoms with van der Waals surface area (Å²) < 4.78 is 19.5. The second-order valence-corrected chi connectivity index (χ2v) is 9.78. The Hall–Kier alpha value is -3.23. The number of hydrogen-bond donors (Lipinski definition) is 3. The average Bonchev–Trinajstić information content (AvgIpc) is 3.52. The van der Waals surface area contributed by atoms with E-state index in [9.17, 15) is 4.79 Å². The highest BCUT2D eigenvalue weighted by Crippen LogP contribution is 2.46. The first-order valence-corrected chi connectivity index (χ1v) is 13.5. The molecule has 2 fully saturated rings. The quantitative estimate of drug-likeness (QED) is 0.308. The molecular formula is C29H38N4O4. The van der Waals surface area contributed by atoms with Gasteiger partial charge in [0.15, 0.2) is 6.29 Å². The first-order chi connectivity index (χ1) is 18.1. The second-order valence-electron chi connectivity index (χ2n) is 9.78. The minimum atomic E-state index is -0.304. The van der Waals surface area contributed by atoms with Crippen molar-refractivity contribution in [2.45, 2.75) is 64.3 Å². The summed E-state index contributed by atoms with van der Waals surface area (Å²) in [5.41, 5.74) is 5.30. The Morgan fingerprint density at radius 1 is 1.08 bits per heavy atom. The van der Waals surface area contributed by atoms with E-state index >= 15 is 0 Å². The van der Waals surface area contributed by atoms with Crippen molar-refractivity contribution in [2.75, 3.05) is 37.5 Å². The van der Waals surface area contributed by atoms with Gasteiger partial charge in [-0.1, -0.05) is 26.0 Å². The molecule has 3 N–H and O–H groups in total. The lowest BCUT2D eigenvalue weighted by molar-refractivity contribution is -0.0683. The molecule has 1 saturated carbocycles. The Morgan fingerprint density at radius 2 is 1.81 bits per heavy atom. The number of ether oxygens (including phenoxy) is 3. The number of nitrogens with one attached hydrogen (secondary N) is 3. The van der Waals surface area contributed by atoms with Gasteiger partial charge in [-0.3, -0.25) is 0 Å². The lowest BCUT2D eigenvalue weighted by Crippen LogP contribution is -2.37. The summed E-state index contributed by atoms with van der Waals surface area (Å²) in [6, 6.07) is 14.9. The second kappa shape index (κ2) is 11.4. The molecule has 2 aromatic carbocycles. The summed E-state index contributed by atoms with van der Waals surface area (Å²) in [4.78, 5) is 12.4. The Labute approximate surface area is 218 Å². The van der Waals surface area contributed by atoms with E-state index in [4.69, 9.17) is 14.2 Å². The summed E-state index contributed by atoms with van der Waals surface area (Å²) in [6.07, 6.45) is 5.07. The highest BCUT2D eigenvalue weighted by atomic mass is 16.7. The third-order valence-electron chi connectivity index (χ3n) is 7.48. The van der Waals surface area contributed by atoms with Crippen LogP contribution in [0.2, 0.25) is 0 Å². The van der Waals surface area contributed by atoms with Gasteiger partial charge < -0.3 is 34.7 Å². The Balaban J connectivity index is 1.44. The fourth-order valence-corrected chi connectivity index (χ4v) is 5.17. The van der Waals surface area contributed by atoms with E-state index < -0.39 is 0 Å². The molecule has 1 aromatic heterocycles. The summed E-state index contributed by atoms with van der Waals surface area (Å²) in [5.74, 6) is 0.807. The number of aromatic nitrogens is 1. The van der Waals surface area contributed by atoms with Crippen molar-refractivity contribution in [1.29, 1.82) is 0 Å². The van der Waals surface area contributed by atoms with E-state index in [0.29, 0.717) is 25.9 Å². The number of fused-ring (bicyclic) bond motifs is 1. The Kier molecular flexibility index (Phi) is 7.86. The lowest BCUT2D eigenvalue weighted by atomic mass is 9.92. The zero-order valence-electron chi connectivity index (χ0n) is 22.0. The Bertz CT molecular complexity index is 1210. The largest absolute Gasteiger partial charge is 0.488 e. The van der Waals surface area contributed by atoms with Crippen LogP contribution in [0, 0.1) is 0 Å². The molecule has 8 heteroatoms. The molecule has 2 amide bonds. The van der Waals surface area contributed by atoms with E-state index in [0.717, 1.165) is 65.0 Å². The highest BCUT2D eigenvalue weighted by molar-refractivity contribution is 6.03. The summed E-state index contributed by atoms with van der Waals surface area (Å²) in [5, 5.41) is 10.6. The molecule has 198 valence electrons. The molecule has 0 spiro atoms. The molecule has 0 atom stereocenters. The van der Waals surface area contributed by atoms with Crippen LogP contribution in [-0.2, 0) is 9.47 Å². The van der Waals surface area contributed by atoms with Gasteiger partial charge in [0, 0.05) is 41.8 Å². The molecule has 1 saturated heterocycles. The molecule has 1 aliphatic carbocycles. The van der Waals surface area contributed by atoms with Crippen LogP contribution in [0.5, 0.6) is 5.75 Å². The number of anilines is 2. The van der Waals surface area contributed by atoms with Crippen LogP contribution < -0.4 is 20.7 Å². The van der Waals surface area contributed by atoms with Crippen LogP contribution in [0.25, 0.3) is 22.2 Å². The number of carbonyl (C=O) groups is 1. The lowest BCUT2D eigenvalue weighted by Gasteiger charge is -2.30. The standard InChI is InChI=1S/C29H38N4O4/c1-4-20(5-2)31-29(34)32-21-11-9-19(10-12-21)28-27(30-3)24-14-13-23(37-18-26-35-15-16-36-26)17-25(24)33(28)22-7-6-8-22/h9-14,17,20,22,26,30H,4-8,15-16,18H2,1-3H3,(H2,31,32,34). The maximum atomic E-state index is 12.4. The molecule has 2 aliphatic rings. The monoisotopic (exact) mass is 506 g/mol. The number of urea groups is 1. The average molecular weight is 507 g/mol. The van der Waals surface area contributed by atoms with Gasteiger partial charge in [0.05, 0.1) is 30.1 Å². The SMILES string of the molecule is CCC(CC)NC(=O)Nc1ccc(-c2c(NC)c3ccc(OCC4OCCO4)cc3n2C2CCC2)cc1. The maximum Gasteiger partial charge on any atom is 0.319 e. The summed E-state index contributed by atoms with van der Waals surface area (Å²) in [6.45, 7) is 5.77. The van der Waals surface area contributed by atoms with Gasteiger partial charge in [-0.25, -0.2) is 4.79 Å². The van der Waals surface area contributed by atoms with Gasteiger partial charge in [-0.2, -0.15) is 0 Å². The van der Waals surface area contributed by atoms with Crippen LogP contribution in [0.1, 0.15) is 52.0 Å². The van der Waals surface area contributed by atoms with Gasteiger partial charge in [-0.15, -0.1) is 0 Å². The van der Waals surface area contributed by atoms with E-state index in [1.807, 2.05) is 25.2 Å². The van der Waals surface area contributed by atoms with E-state index in [1.54, 1.807) is 0 Å². The number of rotatable bonds is 10.